The summed E-state index contributed by atoms with van der Waals surface area (Å²) in [6.07, 6.45) is 2.97. The molecule has 0 bridgehead atoms. The van der Waals surface area contributed by atoms with Crippen LogP contribution >= 0.6 is 0 Å². The van der Waals surface area contributed by atoms with Gasteiger partial charge in [-0.3, -0.25) is 14.4 Å². The average Bonchev–Trinajstić information content (AvgIpc) is 3.09. The molecule has 3 unspecified atom stereocenters. The first-order valence-corrected chi connectivity index (χ1v) is 7.68. The highest BCUT2D eigenvalue weighted by molar-refractivity contribution is 5.92. The van der Waals surface area contributed by atoms with Crippen molar-refractivity contribution in [3.8, 4) is 0 Å². The Hall–Kier alpha value is -2.99. The maximum absolute atomic E-state index is 12.3. The van der Waals surface area contributed by atoms with Crippen molar-refractivity contribution in [1.29, 1.82) is 0 Å². The number of aliphatic carboxylic acids is 1. The molecule has 1 heterocycles. The lowest BCUT2D eigenvalue weighted by molar-refractivity contribution is -0.142. The van der Waals surface area contributed by atoms with Crippen molar-refractivity contribution < 1.29 is 29.4 Å². The second kappa shape index (κ2) is 10.1. The number of imidazole rings is 1. The number of hydrogen-bond acceptors (Lipinski definition) is 7. The van der Waals surface area contributed by atoms with Crippen LogP contribution in [0.3, 0.4) is 0 Å². The number of carboxylic acid groups (broad SMARTS) is 1. The second-order valence-corrected chi connectivity index (χ2v) is 5.49. The predicted molar refractivity (Wildman–Crippen MR) is 87.5 cm³/mol. The minimum absolute atomic E-state index is 0.0836. The van der Waals surface area contributed by atoms with Crippen molar-refractivity contribution in [3.63, 3.8) is 0 Å². The number of aromatic nitrogens is 2. The summed E-state index contributed by atoms with van der Waals surface area (Å²) in [4.78, 5) is 53.1. The van der Waals surface area contributed by atoms with Gasteiger partial charge in [0.2, 0.25) is 17.7 Å². The van der Waals surface area contributed by atoms with Crippen LogP contribution in [0.25, 0.3) is 0 Å². The van der Waals surface area contributed by atoms with Crippen molar-refractivity contribution in [3.05, 3.63) is 18.2 Å². The summed E-state index contributed by atoms with van der Waals surface area (Å²) in [6, 6.07) is -3.33. The van der Waals surface area contributed by atoms with Crippen molar-refractivity contribution in [2.45, 2.75) is 31.5 Å². The number of carbonyl (C=O) groups excluding carboxylic acids is 3. The number of rotatable bonds is 10. The fraction of sp³-hybridized carbons (Fsp3) is 0.500. The Bertz CT molecular complexity index is 632. The van der Waals surface area contributed by atoms with E-state index in [2.05, 4.69) is 20.6 Å². The van der Waals surface area contributed by atoms with Crippen LogP contribution in [0.1, 0.15) is 12.6 Å². The Morgan fingerprint density at radius 2 is 1.92 bits per heavy atom. The first kappa shape index (κ1) is 21.1. The zero-order chi connectivity index (χ0) is 19.7. The fourth-order valence-electron chi connectivity index (χ4n) is 1.85. The Kier molecular flexibility index (Phi) is 8.18. The molecular formula is C14H22N6O6. The average molecular weight is 370 g/mol. The van der Waals surface area contributed by atoms with E-state index < -0.39 is 55.0 Å². The van der Waals surface area contributed by atoms with Gasteiger partial charge in [-0.15, -0.1) is 0 Å². The zero-order valence-electron chi connectivity index (χ0n) is 14.1. The number of carbonyl (C=O) groups is 4. The topological polar surface area (TPSA) is 200 Å². The normalized spacial score (nSPS) is 14.0. The van der Waals surface area contributed by atoms with Crippen LogP contribution in [0.4, 0.5) is 0 Å². The molecule has 12 nitrogen and oxygen atoms in total. The molecule has 0 aliphatic carbocycles. The highest BCUT2D eigenvalue weighted by atomic mass is 16.4. The van der Waals surface area contributed by atoms with Crippen LogP contribution in [0, 0.1) is 0 Å². The van der Waals surface area contributed by atoms with E-state index in [4.69, 9.17) is 15.9 Å². The molecule has 26 heavy (non-hydrogen) atoms. The number of aliphatic hydroxyl groups excluding tert-OH is 1. The van der Waals surface area contributed by atoms with Crippen LogP contribution < -0.4 is 21.7 Å². The quantitative estimate of drug-likeness (QED) is 0.219. The molecule has 0 spiro atoms. The fourth-order valence-corrected chi connectivity index (χ4v) is 1.85. The summed E-state index contributed by atoms with van der Waals surface area (Å²) >= 11 is 0. The molecule has 0 radical (unpaired) electrons. The zero-order valence-corrected chi connectivity index (χ0v) is 14.1. The van der Waals surface area contributed by atoms with Crippen molar-refractivity contribution in [2.75, 3.05) is 13.2 Å². The van der Waals surface area contributed by atoms with Crippen molar-refractivity contribution in [2.24, 2.45) is 5.73 Å². The van der Waals surface area contributed by atoms with Gasteiger partial charge in [-0.05, 0) is 6.92 Å². The molecule has 3 amide bonds. The Balaban J connectivity index is 2.65. The van der Waals surface area contributed by atoms with E-state index in [1.165, 1.54) is 19.4 Å². The van der Waals surface area contributed by atoms with Crippen LogP contribution in [0.15, 0.2) is 12.5 Å². The lowest BCUT2D eigenvalue weighted by Crippen LogP contribution is -2.54. The molecule has 0 aliphatic heterocycles. The Morgan fingerprint density at radius 1 is 1.23 bits per heavy atom. The van der Waals surface area contributed by atoms with Gasteiger partial charge in [0.1, 0.15) is 12.1 Å². The molecule has 0 saturated carbocycles. The molecule has 0 saturated heterocycles. The summed E-state index contributed by atoms with van der Waals surface area (Å²) in [7, 11) is 0. The summed E-state index contributed by atoms with van der Waals surface area (Å²) < 4.78 is 0. The van der Waals surface area contributed by atoms with Crippen molar-refractivity contribution in [1.82, 2.24) is 25.9 Å². The smallest absolute Gasteiger partial charge is 0.328 e. The van der Waals surface area contributed by atoms with Crippen LogP contribution in [0.5, 0.6) is 0 Å². The number of aliphatic hydroxyl groups is 1. The van der Waals surface area contributed by atoms with Gasteiger partial charge < -0.3 is 36.9 Å². The Labute approximate surface area is 148 Å². The van der Waals surface area contributed by atoms with Crippen LogP contribution in [0.2, 0.25) is 0 Å². The summed E-state index contributed by atoms with van der Waals surface area (Å²) in [6.45, 7) is 0.132. The van der Waals surface area contributed by atoms with E-state index in [9.17, 15) is 19.2 Å². The summed E-state index contributed by atoms with van der Waals surface area (Å²) in [5.41, 5.74) is 6.05. The second-order valence-electron chi connectivity index (χ2n) is 5.49. The van der Waals surface area contributed by atoms with E-state index in [0.29, 0.717) is 5.69 Å². The first-order valence-electron chi connectivity index (χ1n) is 7.68. The molecule has 1 rings (SSSR count). The molecule has 3 atom stereocenters. The molecular weight excluding hydrogens is 348 g/mol. The molecule has 1 aromatic rings. The highest BCUT2D eigenvalue weighted by Crippen LogP contribution is 1.99. The van der Waals surface area contributed by atoms with Crippen LogP contribution in [-0.4, -0.2) is 75.1 Å². The van der Waals surface area contributed by atoms with E-state index in [0.717, 1.165) is 0 Å². The monoisotopic (exact) mass is 370 g/mol. The number of nitrogens with zero attached hydrogens (tertiary/aromatic N) is 1. The van der Waals surface area contributed by atoms with Crippen LogP contribution in [-0.2, 0) is 25.6 Å². The third-order valence-electron chi connectivity index (χ3n) is 3.26. The SMILES string of the molecule is CC(N)C(=O)NC(Cc1cnc[nH]1)C(=O)NCC(=O)NC(CO)C(=O)O. The Morgan fingerprint density at radius 3 is 2.42 bits per heavy atom. The van der Waals surface area contributed by atoms with Gasteiger partial charge in [-0.1, -0.05) is 0 Å². The third-order valence-corrected chi connectivity index (χ3v) is 3.26. The minimum Gasteiger partial charge on any atom is -0.480 e. The van der Waals surface area contributed by atoms with Gasteiger partial charge in [-0.25, -0.2) is 9.78 Å². The molecule has 0 fully saturated rings. The van der Waals surface area contributed by atoms with Gasteiger partial charge >= 0.3 is 5.97 Å². The number of carboxylic acids is 1. The van der Waals surface area contributed by atoms with E-state index >= 15 is 0 Å². The molecule has 144 valence electrons. The number of H-pyrrole nitrogens is 1. The number of aromatic amines is 1. The maximum atomic E-state index is 12.3. The lowest BCUT2D eigenvalue weighted by atomic mass is 10.1. The molecule has 1 aromatic heterocycles. The summed E-state index contributed by atoms with van der Waals surface area (Å²) in [5.74, 6) is -3.44. The molecule has 12 heteroatoms. The molecule has 0 aliphatic rings. The number of amides is 3. The highest BCUT2D eigenvalue weighted by Gasteiger charge is 2.24. The van der Waals surface area contributed by atoms with Gasteiger partial charge in [-0.2, -0.15) is 0 Å². The van der Waals surface area contributed by atoms with Gasteiger partial charge in [0, 0.05) is 18.3 Å². The third kappa shape index (κ3) is 6.86. The largest absolute Gasteiger partial charge is 0.480 e. The van der Waals surface area contributed by atoms with Crippen molar-refractivity contribution >= 4 is 23.7 Å². The van der Waals surface area contributed by atoms with Gasteiger partial charge in [0.05, 0.1) is 25.5 Å². The van der Waals surface area contributed by atoms with Gasteiger partial charge in [0.15, 0.2) is 0 Å². The number of hydrogen-bond donors (Lipinski definition) is 7. The number of nitrogens with one attached hydrogen (secondary N) is 4. The predicted octanol–water partition coefficient (Wildman–Crippen LogP) is -3.54. The van der Waals surface area contributed by atoms with E-state index in [1.807, 2.05) is 5.32 Å². The minimum atomic E-state index is -1.47. The standard InChI is InChI=1S/C14H22N6O6/c1-7(15)12(23)20-9(2-8-3-16-6-18-8)13(24)17-4-11(22)19-10(5-21)14(25)26/h3,6-7,9-10,21H,2,4-5,15H2,1H3,(H,16,18)(H,17,24)(H,19,22)(H,20,23)(H,25,26). The van der Waals surface area contributed by atoms with Gasteiger partial charge in [0.25, 0.3) is 0 Å². The molecule has 8 N–H and O–H groups in total. The lowest BCUT2D eigenvalue weighted by Gasteiger charge is -2.19. The molecule has 0 aromatic carbocycles. The first-order chi connectivity index (χ1) is 12.2. The number of nitrogens with two attached hydrogens (primary N) is 1. The van der Waals surface area contributed by atoms with E-state index in [-0.39, 0.29) is 6.42 Å². The maximum Gasteiger partial charge on any atom is 0.328 e. The van der Waals surface area contributed by atoms with E-state index in [1.54, 1.807) is 0 Å². The summed E-state index contributed by atoms with van der Waals surface area (Å²) in [5, 5.41) is 24.4.